The van der Waals surface area contributed by atoms with Crippen molar-refractivity contribution < 1.29 is 34.3 Å². The number of morpholine rings is 1. The summed E-state index contributed by atoms with van der Waals surface area (Å²) < 4.78 is 13.5. The van der Waals surface area contributed by atoms with E-state index in [0.717, 1.165) is 53.7 Å². The van der Waals surface area contributed by atoms with E-state index in [4.69, 9.17) is 29.8 Å². The number of aromatic nitrogens is 5. The lowest BCUT2D eigenvalue weighted by Crippen LogP contribution is -2.37. The number of carbonyl (C=O) groups excluding carboxylic acids is 1. The average molecular weight is 588 g/mol. The van der Waals surface area contributed by atoms with Crippen LogP contribution in [0.2, 0.25) is 0 Å². The summed E-state index contributed by atoms with van der Waals surface area (Å²) in [6, 6.07) is 15.4. The molecule has 1 aliphatic heterocycles. The maximum Gasteiger partial charge on any atom is 0.339 e. The number of fused-ring (bicyclic) bond motifs is 2. The first kappa shape index (κ1) is 29.2. The fraction of sp³-hybridized carbons (Fsp3) is 0.241. The number of nitrogens with one attached hydrogen (secondary N) is 1. The number of ether oxygens (including phenoxy) is 2. The van der Waals surface area contributed by atoms with Gasteiger partial charge in [0.15, 0.2) is 11.5 Å². The van der Waals surface area contributed by atoms with E-state index in [-0.39, 0.29) is 13.2 Å². The van der Waals surface area contributed by atoms with Gasteiger partial charge in [0.25, 0.3) is 0 Å². The van der Waals surface area contributed by atoms with E-state index >= 15 is 0 Å². The largest absolute Gasteiger partial charge is 0.480 e. The quantitative estimate of drug-likeness (QED) is 0.178. The molecule has 0 aliphatic carbocycles. The van der Waals surface area contributed by atoms with Crippen LogP contribution in [0.5, 0.6) is 5.88 Å². The van der Waals surface area contributed by atoms with Crippen molar-refractivity contribution in [2.45, 2.75) is 13.5 Å². The standard InChI is InChI=1S/C27H25N7O4.C2H4O3/c35-25(36)15-29-23-7-5-19(13-28-23)22-14-30-26(33-9-11-37-12-10-33)27-31-20(16-34(22)27)17-38-24-8-6-18-3-1-2-4-21(18)32-24;1-2(3)5-4/h1-8,13-14,16H,9-12,15,17H2,(H,28,29)(H,35,36);4H,1H3. The molecule has 0 bridgehead atoms. The van der Waals surface area contributed by atoms with Crippen LogP contribution in [0.25, 0.3) is 27.8 Å². The molecule has 0 atom stereocenters. The zero-order valence-corrected chi connectivity index (χ0v) is 23.2. The van der Waals surface area contributed by atoms with Crippen LogP contribution in [-0.2, 0) is 25.8 Å². The molecule has 0 unspecified atom stereocenters. The highest BCUT2D eigenvalue weighted by Gasteiger charge is 2.20. The van der Waals surface area contributed by atoms with Gasteiger partial charge in [0, 0.05) is 49.4 Å². The third-order valence-electron chi connectivity index (χ3n) is 6.38. The van der Waals surface area contributed by atoms with Gasteiger partial charge in [0.1, 0.15) is 19.0 Å². The Morgan fingerprint density at radius 2 is 1.81 bits per heavy atom. The molecular weight excluding hydrogens is 558 g/mol. The number of hydrogen-bond donors (Lipinski definition) is 3. The van der Waals surface area contributed by atoms with Gasteiger partial charge < -0.3 is 29.7 Å². The van der Waals surface area contributed by atoms with Crippen molar-refractivity contribution in [1.29, 1.82) is 0 Å². The van der Waals surface area contributed by atoms with E-state index in [1.54, 1.807) is 18.5 Å². The molecule has 5 aromatic rings. The number of aliphatic carboxylic acids is 1. The first-order valence-corrected chi connectivity index (χ1v) is 13.3. The van der Waals surface area contributed by atoms with Crippen molar-refractivity contribution in [3.8, 4) is 17.1 Å². The molecule has 1 saturated heterocycles. The molecule has 0 saturated carbocycles. The normalized spacial score (nSPS) is 12.8. The number of carboxylic acids is 1. The number of para-hydroxylation sites is 1. The lowest BCUT2D eigenvalue weighted by molar-refractivity contribution is -0.231. The summed E-state index contributed by atoms with van der Waals surface area (Å²) in [4.78, 5) is 44.1. The minimum Gasteiger partial charge on any atom is -0.480 e. The molecule has 43 heavy (non-hydrogen) atoms. The number of nitrogens with zero attached hydrogens (tertiary/aromatic N) is 6. The minimum atomic E-state index is -0.951. The van der Waals surface area contributed by atoms with Gasteiger partial charge in [0.05, 0.1) is 36.3 Å². The zero-order valence-electron chi connectivity index (χ0n) is 23.2. The van der Waals surface area contributed by atoms with Crippen LogP contribution in [0.15, 0.2) is 67.1 Å². The number of pyridine rings is 2. The summed E-state index contributed by atoms with van der Waals surface area (Å²) in [6.45, 7) is 3.87. The number of carboxylic acid groups (broad SMARTS) is 1. The molecule has 0 amide bonds. The fourth-order valence-electron chi connectivity index (χ4n) is 4.39. The maximum atomic E-state index is 10.8. The van der Waals surface area contributed by atoms with Crippen molar-refractivity contribution >= 4 is 40.1 Å². The molecule has 1 aromatic carbocycles. The van der Waals surface area contributed by atoms with Crippen LogP contribution in [-0.4, -0.2) is 79.5 Å². The fourth-order valence-corrected chi connectivity index (χ4v) is 4.39. The number of imidazole rings is 1. The lowest BCUT2D eigenvalue weighted by Gasteiger charge is -2.28. The topological polar surface area (TPSA) is 174 Å². The Hall–Kier alpha value is -5.34. The Balaban J connectivity index is 0.000000682. The predicted molar refractivity (Wildman–Crippen MR) is 156 cm³/mol. The van der Waals surface area contributed by atoms with Crippen LogP contribution in [0.4, 0.5) is 11.6 Å². The number of carbonyl (C=O) groups is 2. The van der Waals surface area contributed by atoms with Crippen molar-refractivity contribution in [2.24, 2.45) is 0 Å². The SMILES string of the molecule is CC(=O)OO.O=C(O)CNc1ccc(-c2cnc(N3CCOCC3)c3nc(COc4ccc5ccccc5n4)cn23)cn1. The van der Waals surface area contributed by atoms with E-state index in [1.165, 1.54) is 0 Å². The maximum absolute atomic E-state index is 10.8. The highest BCUT2D eigenvalue weighted by atomic mass is 17.1. The third-order valence-corrected chi connectivity index (χ3v) is 6.38. The number of anilines is 2. The second-order valence-corrected chi connectivity index (χ2v) is 9.39. The van der Waals surface area contributed by atoms with Gasteiger partial charge in [0.2, 0.25) is 5.88 Å². The van der Waals surface area contributed by atoms with Crippen molar-refractivity contribution in [3.05, 3.63) is 72.8 Å². The molecule has 4 aromatic heterocycles. The summed E-state index contributed by atoms with van der Waals surface area (Å²) in [5.41, 5.74) is 3.93. The van der Waals surface area contributed by atoms with Gasteiger partial charge in [-0.15, -0.1) is 0 Å². The molecule has 6 rings (SSSR count). The Morgan fingerprint density at radius 1 is 1.02 bits per heavy atom. The van der Waals surface area contributed by atoms with Gasteiger partial charge in [-0.25, -0.2) is 24.7 Å². The van der Waals surface area contributed by atoms with E-state index in [9.17, 15) is 9.59 Å². The highest BCUT2D eigenvalue weighted by molar-refractivity contribution is 5.79. The Bertz CT molecular complexity index is 1720. The van der Waals surface area contributed by atoms with E-state index in [1.807, 2.05) is 53.1 Å². The summed E-state index contributed by atoms with van der Waals surface area (Å²) in [5, 5.41) is 20.0. The zero-order chi connectivity index (χ0) is 30.2. The smallest absolute Gasteiger partial charge is 0.339 e. The van der Waals surface area contributed by atoms with E-state index in [0.29, 0.717) is 30.6 Å². The number of benzene rings is 1. The molecule has 14 heteroatoms. The molecule has 0 radical (unpaired) electrons. The van der Waals surface area contributed by atoms with Crippen molar-refractivity contribution in [1.82, 2.24) is 24.3 Å². The Morgan fingerprint density at radius 3 is 2.53 bits per heavy atom. The molecule has 0 spiro atoms. The van der Waals surface area contributed by atoms with Crippen LogP contribution in [0.3, 0.4) is 0 Å². The Labute approximate surface area is 245 Å². The molecule has 3 N–H and O–H groups in total. The predicted octanol–water partition coefficient (Wildman–Crippen LogP) is 3.27. The lowest BCUT2D eigenvalue weighted by atomic mass is 10.2. The molecule has 1 fully saturated rings. The molecule has 1 aliphatic rings. The molecular formula is C29H29N7O7. The second-order valence-electron chi connectivity index (χ2n) is 9.39. The van der Waals surface area contributed by atoms with E-state index in [2.05, 4.69) is 25.1 Å². The monoisotopic (exact) mass is 587 g/mol. The first-order chi connectivity index (χ1) is 20.9. The van der Waals surface area contributed by atoms with Gasteiger partial charge in [-0.1, -0.05) is 18.2 Å². The van der Waals surface area contributed by atoms with Gasteiger partial charge in [-0.2, -0.15) is 5.26 Å². The van der Waals surface area contributed by atoms with Crippen LogP contribution in [0.1, 0.15) is 12.6 Å². The Kier molecular flexibility index (Phi) is 9.19. The average Bonchev–Trinajstić information content (AvgIpc) is 3.47. The van der Waals surface area contributed by atoms with Crippen molar-refractivity contribution in [3.63, 3.8) is 0 Å². The molecule has 222 valence electrons. The van der Waals surface area contributed by atoms with Crippen molar-refractivity contribution in [2.75, 3.05) is 43.1 Å². The van der Waals surface area contributed by atoms with E-state index < -0.39 is 11.9 Å². The van der Waals surface area contributed by atoms with Gasteiger partial charge >= 0.3 is 11.9 Å². The molecule has 5 heterocycles. The summed E-state index contributed by atoms with van der Waals surface area (Å²) in [7, 11) is 0. The molecule has 14 nitrogen and oxygen atoms in total. The highest BCUT2D eigenvalue weighted by Crippen LogP contribution is 2.27. The van der Waals surface area contributed by atoms with Gasteiger partial charge in [-0.3, -0.25) is 9.20 Å². The van der Waals surface area contributed by atoms with Crippen LogP contribution in [0, 0.1) is 0 Å². The summed E-state index contributed by atoms with van der Waals surface area (Å²) in [6.07, 6.45) is 5.43. The second kappa shape index (κ2) is 13.5. The summed E-state index contributed by atoms with van der Waals surface area (Å²) in [5.74, 6) is 0.145. The van der Waals surface area contributed by atoms with Crippen LogP contribution >= 0.6 is 0 Å². The van der Waals surface area contributed by atoms with Crippen LogP contribution < -0.4 is 15.0 Å². The number of hydrogen-bond acceptors (Lipinski definition) is 12. The first-order valence-electron chi connectivity index (χ1n) is 13.3. The number of rotatable bonds is 8. The minimum absolute atomic E-state index is 0.205. The van der Waals surface area contributed by atoms with Gasteiger partial charge in [-0.05, 0) is 24.3 Å². The third kappa shape index (κ3) is 7.30. The summed E-state index contributed by atoms with van der Waals surface area (Å²) >= 11 is 0.